The molecule has 0 saturated heterocycles. The Labute approximate surface area is 127 Å². The number of halogens is 1. The second-order valence-corrected chi connectivity index (χ2v) is 4.90. The van der Waals surface area contributed by atoms with E-state index in [0.717, 1.165) is 16.9 Å². The zero-order valence-corrected chi connectivity index (χ0v) is 12.2. The molecule has 3 rings (SSSR count). The van der Waals surface area contributed by atoms with E-state index < -0.39 is 0 Å². The number of nitrogens with zero attached hydrogens (tertiary/aromatic N) is 3. The summed E-state index contributed by atoms with van der Waals surface area (Å²) in [6, 6.07) is 11.6. The Morgan fingerprint density at radius 1 is 1.14 bits per heavy atom. The van der Waals surface area contributed by atoms with Gasteiger partial charge in [-0.2, -0.15) is 4.68 Å². The fraction of sp³-hybridized carbons (Fsp3) is 0.125. The van der Waals surface area contributed by atoms with Crippen LogP contribution >= 0.6 is 0 Å². The molecule has 0 spiro atoms. The van der Waals surface area contributed by atoms with Crippen molar-refractivity contribution in [2.45, 2.75) is 6.92 Å². The highest BCUT2D eigenvalue weighted by Gasteiger charge is 2.14. The van der Waals surface area contributed by atoms with Crippen molar-refractivity contribution < 1.29 is 9.13 Å². The SMILES string of the molecule is COc1ccc(-c2nnn(-c3ccc(F)cc3)c2N)cc1C. The molecule has 0 aliphatic rings. The first-order valence-corrected chi connectivity index (χ1v) is 6.72. The smallest absolute Gasteiger partial charge is 0.155 e. The molecular weight excluding hydrogens is 283 g/mol. The van der Waals surface area contributed by atoms with Crippen molar-refractivity contribution >= 4 is 5.82 Å². The Kier molecular flexibility index (Phi) is 3.50. The molecule has 1 aromatic heterocycles. The lowest BCUT2D eigenvalue weighted by Crippen LogP contribution is -2.02. The van der Waals surface area contributed by atoms with Crippen LogP contribution in [0, 0.1) is 12.7 Å². The third-order valence-electron chi connectivity index (χ3n) is 3.44. The summed E-state index contributed by atoms with van der Waals surface area (Å²) in [7, 11) is 1.63. The van der Waals surface area contributed by atoms with E-state index in [-0.39, 0.29) is 5.82 Å². The van der Waals surface area contributed by atoms with E-state index in [1.807, 2.05) is 25.1 Å². The summed E-state index contributed by atoms with van der Waals surface area (Å²) in [5.41, 5.74) is 9.21. The number of ether oxygens (including phenoxy) is 1. The van der Waals surface area contributed by atoms with Crippen molar-refractivity contribution in [2.75, 3.05) is 12.8 Å². The predicted molar refractivity (Wildman–Crippen MR) is 82.5 cm³/mol. The normalized spacial score (nSPS) is 10.7. The van der Waals surface area contributed by atoms with Crippen LogP contribution < -0.4 is 10.5 Å². The first kappa shape index (κ1) is 14.1. The largest absolute Gasteiger partial charge is 0.496 e. The minimum absolute atomic E-state index is 0.312. The third kappa shape index (κ3) is 2.39. The Morgan fingerprint density at radius 2 is 1.86 bits per heavy atom. The second-order valence-electron chi connectivity index (χ2n) is 4.90. The number of hydrogen-bond donors (Lipinski definition) is 1. The maximum atomic E-state index is 13.0. The van der Waals surface area contributed by atoms with Gasteiger partial charge in [0.15, 0.2) is 5.82 Å². The van der Waals surface area contributed by atoms with Crippen molar-refractivity contribution in [3.05, 3.63) is 53.8 Å². The number of anilines is 1. The van der Waals surface area contributed by atoms with Gasteiger partial charge in [-0.05, 0) is 55.0 Å². The molecule has 3 aromatic rings. The summed E-state index contributed by atoms with van der Waals surface area (Å²) in [4.78, 5) is 0. The molecule has 0 unspecified atom stereocenters. The fourth-order valence-corrected chi connectivity index (χ4v) is 2.29. The van der Waals surface area contributed by atoms with Crippen LogP contribution in [0.5, 0.6) is 5.75 Å². The first-order valence-electron chi connectivity index (χ1n) is 6.72. The van der Waals surface area contributed by atoms with Gasteiger partial charge in [-0.1, -0.05) is 5.21 Å². The van der Waals surface area contributed by atoms with Crippen LogP contribution in [-0.4, -0.2) is 22.1 Å². The number of aromatic nitrogens is 3. The molecule has 6 heteroatoms. The summed E-state index contributed by atoms with van der Waals surface area (Å²) in [5.74, 6) is 0.887. The number of methoxy groups -OCH3 is 1. The van der Waals surface area contributed by atoms with Crippen LogP contribution in [0.3, 0.4) is 0 Å². The standard InChI is InChI=1S/C16H15FN4O/c1-10-9-11(3-8-14(10)22-2)15-16(18)21(20-19-15)13-6-4-12(17)5-7-13/h3-9H,18H2,1-2H3. The monoisotopic (exact) mass is 298 g/mol. The number of aryl methyl sites for hydroxylation is 1. The minimum Gasteiger partial charge on any atom is -0.496 e. The lowest BCUT2D eigenvalue weighted by Gasteiger charge is -2.07. The molecule has 0 radical (unpaired) electrons. The second kappa shape index (κ2) is 5.48. The van der Waals surface area contributed by atoms with Gasteiger partial charge in [-0.3, -0.25) is 0 Å². The first-order chi connectivity index (χ1) is 10.6. The molecule has 0 atom stereocenters. The molecule has 2 N–H and O–H groups in total. The molecule has 5 nitrogen and oxygen atoms in total. The van der Waals surface area contributed by atoms with Crippen LogP contribution in [-0.2, 0) is 0 Å². The van der Waals surface area contributed by atoms with Gasteiger partial charge in [0, 0.05) is 5.56 Å². The Bertz CT molecular complexity index is 812. The zero-order valence-electron chi connectivity index (χ0n) is 12.2. The lowest BCUT2D eigenvalue weighted by atomic mass is 10.1. The Morgan fingerprint density at radius 3 is 2.50 bits per heavy atom. The Hall–Kier alpha value is -2.89. The maximum absolute atomic E-state index is 13.0. The number of rotatable bonds is 3. The minimum atomic E-state index is -0.312. The van der Waals surface area contributed by atoms with Gasteiger partial charge in [-0.25, -0.2) is 4.39 Å². The van der Waals surface area contributed by atoms with Crippen molar-refractivity contribution in [3.63, 3.8) is 0 Å². The molecular formula is C16H15FN4O. The number of benzene rings is 2. The van der Waals surface area contributed by atoms with E-state index in [9.17, 15) is 4.39 Å². The van der Waals surface area contributed by atoms with Gasteiger partial charge in [0.1, 0.15) is 17.3 Å². The third-order valence-corrected chi connectivity index (χ3v) is 3.44. The van der Waals surface area contributed by atoms with Crippen molar-refractivity contribution in [1.29, 1.82) is 0 Å². The van der Waals surface area contributed by atoms with E-state index in [1.165, 1.54) is 16.8 Å². The summed E-state index contributed by atoms with van der Waals surface area (Å²) in [6.07, 6.45) is 0. The Balaban J connectivity index is 2.03. The fourth-order valence-electron chi connectivity index (χ4n) is 2.29. The molecule has 0 fully saturated rings. The summed E-state index contributed by atoms with van der Waals surface area (Å²) in [6.45, 7) is 1.95. The zero-order chi connectivity index (χ0) is 15.7. The van der Waals surface area contributed by atoms with Crippen molar-refractivity contribution in [3.8, 4) is 22.7 Å². The van der Waals surface area contributed by atoms with E-state index in [2.05, 4.69) is 10.3 Å². The molecule has 0 amide bonds. The average Bonchev–Trinajstić information content (AvgIpc) is 2.90. The molecule has 0 aliphatic heterocycles. The molecule has 2 aromatic carbocycles. The highest BCUT2D eigenvalue weighted by atomic mass is 19.1. The molecule has 22 heavy (non-hydrogen) atoms. The van der Waals surface area contributed by atoms with Gasteiger partial charge >= 0.3 is 0 Å². The van der Waals surface area contributed by atoms with Crippen LogP contribution in [0.4, 0.5) is 10.2 Å². The molecule has 0 aliphatic carbocycles. The highest BCUT2D eigenvalue weighted by Crippen LogP contribution is 2.29. The summed E-state index contributed by atoms with van der Waals surface area (Å²) >= 11 is 0. The van der Waals surface area contributed by atoms with Gasteiger partial charge in [0.2, 0.25) is 0 Å². The average molecular weight is 298 g/mol. The molecule has 0 bridgehead atoms. The van der Waals surface area contributed by atoms with Crippen LogP contribution in [0.2, 0.25) is 0 Å². The van der Waals surface area contributed by atoms with Crippen LogP contribution in [0.15, 0.2) is 42.5 Å². The predicted octanol–water partition coefficient (Wildman–Crippen LogP) is 2.97. The molecule has 112 valence electrons. The van der Waals surface area contributed by atoms with Crippen LogP contribution in [0.25, 0.3) is 16.9 Å². The summed E-state index contributed by atoms with van der Waals surface area (Å²) < 4.78 is 19.7. The van der Waals surface area contributed by atoms with Gasteiger partial charge in [0.05, 0.1) is 12.8 Å². The quantitative estimate of drug-likeness (QED) is 0.807. The highest BCUT2D eigenvalue weighted by molar-refractivity contribution is 5.72. The van der Waals surface area contributed by atoms with Gasteiger partial charge < -0.3 is 10.5 Å². The summed E-state index contributed by atoms with van der Waals surface area (Å²) in [5, 5.41) is 8.19. The van der Waals surface area contributed by atoms with E-state index in [0.29, 0.717) is 17.2 Å². The van der Waals surface area contributed by atoms with Gasteiger partial charge in [0.25, 0.3) is 0 Å². The number of nitrogens with two attached hydrogens (primary N) is 1. The lowest BCUT2D eigenvalue weighted by molar-refractivity contribution is 0.412. The number of hydrogen-bond acceptors (Lipinski definition) is 4. The van der Waals surface area contributed by atoms with Crippen molar-refractivity contribution in [2.24, 2.45) is 0 Å². The van der Waals surface area contributed by atoms with Crippen molar-refractivity contribution in [1.82, 2.24) is 15.0 Å². The van der Waals surface area contributed by atoms with E-state index in [4.69, 9.17) is 10.5 Å². The maximum Gasteiger partial charge on any atom is 0.155 e. The molecule has 0 saturated carbocycles. The van der Waals surface area contributed by atoms with E-state index >= 15 is 0 Å². The van der Waals surface area contributed by atoms with Gasteiger partial charge in [-0.15, -0.1) is 5.10 Å². The van der Waals surface area contributed by atoms with Crippen LogP contribution in [0.1, 0.15) is 5.56 Å². The topological polar surface area (TPSA) is 66.0 Å². The number of nitrogen functional groups attached to an aromatic ring is 1. The molecule has 1 heterocycles. The van der Waals surface area contributed by atoms with E-state index in [1.54, 1.807) is 19.2 Å².